The molecule has 5 heteroatoms. The van der Waals surface area contributed by atoms with Crippen molar-refractivity contribution >= 4 is 41.3 Å². The van der Waals surface area contributed by atoms with E-state index >= 15 is 0 Å². The van der Waals surface area contributed by atoms with Crippen molar-refractivity contribution < 1.29 is 0 Å². The zero-order valence-electron chi connectivity index (χ0n) is 13.6. The van der Waals surface area contributed by atoms with Gasteiger partial charge in [0, 0.05) is 28.8 Å². The third-order valence-corrected chi connectivity index (χ3v) is 5.29. The lowest BCUT2D eigenvalue weighted by atomic mass is 10.1. The molecule has 2 N–H and O–H groups in total. The quantitative estimate of drug-likeness (QED) is 0.416. The first kappa shape index (κ1) is 18.3. The summed E-state index contributed by atoms with van der Waals surface area (Å²) in [6.07, 6.45) is 2.29. The number of aryl methyl sites for hydroxylation is 1. The molecule has 1 aliphatic carbocycles. The average molecular weight is 441 g/mol. The number of nitrogens with zero attached hydrogens (tertiary/aromatic N) is 1. The number of hydrogen-bond acceptors (Lipinski definition) is 2. The third kappa shape index (κ3) is 4.94. The number of nitrogens with one attached hydrogen (secondary N) is 2. The number of benzene rings is 1. The van der Waals surface area contributed by atoms with Crippen LogP contribution >= 0.6 is 35.3 Å². The minimum atomic E-state index is 0. The normalized spacial score (nSPS) is 19.8. The fourth-order valence-electron chi connectivity index (χ4n) is 2.67. The van der Waals surface area contributed by atoms with Gasteiger partial charge in [0.1, 0.15) is 0 Å². The summed E-state index contributed by atoms with van der Waals surface area (Å²) in [5, 5.41) is 6.94. The molecule has 124 valence electrons. The Morgan fingerprint density at radius 3 is 2.57 bits per heavy atom. The molecule has 1 saturated carbocycles. The maximum atomic E-state index is 4.34. The number of hydrogen-bond donors (Lipinski definition) is 2. The first-order valence-electron chi connectivity index (χ1n) is 7.90. The predicted octanol–water partition coefficient (Wildman–Crippen LogP) is 4.15. The molecule has 2 unspecified atom stereocenters. The van der Waals surface area contributed by atoms with E-state index in [9.17, 15) is 0 Å². The summed E-state index contributed by atoms with van der Waals surface area (Å²) in [5.41, 5.74) is 1.42. The van der Waals surface area contributed by atoms with Crippen molar-refractivity contribution in [2.24, 2.45) is 4.99 Å². The van der Waals surface area contributed by atoms with Crippen LogP contribution in [0.25, 0.3) is 0 Å². The molecule has 1 aromatic carbocycles. The molecule has 3 nitrogen and oxygen atoms in total. The van der Waals surface area contributed by atoms with Gasteiger partial charge in [-0.15, -0.1) is 35.3 Å². The largest absolute Gasteiger partial charge is 0.353 e. The van der Waals surface area contributed by atoms with E-state index in [2.05, 4.69) is 65.0 Å². The minimum Gasteiger partial charge on any atom is -0.353 e. The van der Waals surface area contributed by atoms with E-state index in [4.69, 9.17) is 0 Å². The summed E-state index contributed by atoms with van der Waals surface area (Å²) in [6, 6.07) is 15.6. The summed E-state index contributed by atoms with van der Waals surface area (Å²) in [4.78, 5) is 7.13. The van der Waals surface area contributed by atoms with E-state index in [1.807, 2.05) is 18.4 Å². The Morgan fingerprint density at radius 2 is 1.91 bits per heavy atom. The highest BCUT2D eigenvalue weighted by Gasteiger charge is 2.38. The molecule has 0 saturated heterocycles. The highest BCUT2D eigenvalue weighted by molar-refractivity contribution is 14.0. The molecular formula is C18H24IN3S. The van der Waals surface area contributed by atoms with Crippen LogP contribution in [0.4, 0.5) is 0 Å². The topological polar surface area (TPSA) is 36.4 Å². The lowest BCUT2D eigenvalue weighted by molar-refractivity contribution is 0.795. The van der Waals surface area contributed by atoms with Crippen molar-refractivity contribution in [2.75, 3.05) is 7.05 Å². The number of guanidine groups is 1. The van der Waals surface area contributed by atoms with Crippen LogP contribution in [0.5, 0.6) is 0 Å². The summed E-state index contributed by atoms with van der Waals surface area (Å²) in [6.45, 7) is 3.04. The molecule has 2 atom stereocenters. The SMILES string of the molecule is CCc1ccc(CNC(=NC)NC2CC2c2ccccc2)s1.I. The highest BCUT2D eigenvalue weighted by Crippen LogP contribution is 2.40. The molecular weight excluding hydrogens is 417 g/mol. The van der Waals surface area contributed by atoms with Crippen molar-refractivity contribution in [2.45, 2.75) is 38.3 Å². The Kier molecular flexibility index (Phi) is 6.89. The lowest BCUT2D eigenvalue weighted by Gasteiger charge is -2.11. The van der Waals surface area contributed by atoms with Crippen LogP contribution in [0.15, 0.2) is 47.5 Å². The highest BCUT2D eigenvalue weighted by atomic mass is 127. The van der Waals surface area contributed by atoms with E-state index in [1.165, 1.54) is 21.7 Å². The van der Waals surface area contributed by atoms with Crippen LogP contribution in [-0.2, 0) is 13.0 Å². The van der Waals surface area contributed by atoms with Gasteiger partial charge in [0.2, 0.25) is 0 Å². The van der Waals surface area contributed by atoms with E-state index in [-0.39, 0.29) is 24.0 Å². The van der Waals surface area contributed by atoms with Gasteiger partial charge >= 0.3 is 0 Å². The molecule has 23 heavy (non-hydrogen) atoms. The van der Waals surface area contributed by atoms with Gasteiger partial charge < -0.3 is 10.6 Å². The second-order valence-electron chi connectivity index (χ2n) is 5.65. The molecule has 1 aromatic heterocycles. The molecule has 0 aliphatic heterocycles. The van der Waals surface area contributed by atoms with Gasteiger partial charge in [0.15, 0.2) is 5.96 Å². The van der Waals surface area contributed by atoms with Gasteiger partial charge in [-0.2, -0.15) is 0 Å². The zero-order valence-corrected chi connectivity index (χ0v) is 16.7. The van der Waals surface area contributed by atoms with Crippen molar-refractivity contribution in [1.29, 1.82) is 0 Å². The van der Waals surface area contributed by atoms with Gasteiger partial charge in [-0.25, -0.2) is 0 Å². The van der Waals surface area contributed by atoms with Gasteiger partial charge in [0.25, 0.3) is 0 Å². The molecule has 1 fully saturated rings. The number of aliphatic imine (C=N–C) groups is 1. The Balaban J connectivity index is 0.00000192. The Bertz CT molecular complexity index is 639. The molecule has 0 bridgehead atoms. The summed E-state index contributed by atoms with van der Waals surface area (Å²) in [5.74, 6) is 1.52. The molecule has 0 amide bonds. The summed E-state index contributed by atoms with van der Waals surface area (Å²) in [7, 11) is 1.83. The van der Waals surface area contributed by atoms with Gasteiger partial charge in [-0.3, -0.25) is 4.99 Å². The molecule has 0 spiro atoms. The second kappa shape index (κ2) is 8.68. The first-order chi connectivity index (χ1) is 10.8. The van der Waals surface area contributed by atoms with Gasteiger partial charge in [-0.05, 0) is 30.5 Å². The lowest BCUT2D eigenvalue weighted by Crippen LogP contribution is -2.38. The Morgan fingerprint density at radius 1 is 1.17 bits per heavy atom. The van der Waals surface area contributed by atoms with Crippen molar-refractivity contribution in [1.82, 2.24) is 10.6 Å². The van der Waals surface area contributed by atoms with Crippen LogP contribution in [0.1, 0.15) is 34.6 Å². The minimum absolute atomic E-state index is 0. The Hall–Kier alpha value is -1.08. The van der Waals surface area contributed by atoms with Crippen LogP contribution in [0.2, 0.25) is 0 Å². The maximum absolute atomic E-state index is 4.34. The van der Waals surface area contributed by atoms with E-state index in [0.717, 1.165) is 18.9 Å². The fraction of sp³-hybridized carbons (Fsp3) is 0.389. The molecule has 1 aliphatic rings. The van der Waals surface area contributed by atoms with E-state index in [1.54, 1.807) is 0 Å². The summed E-state index contributed by atoms with van der Waals surface area (Å²) < 4.78 is 0. The average Bonchev–Trinajstić information content (AvgIpc) is 3.18. The number of rotatable bonds is 5. The number of thiophene rings is 1. The van der Waals surface area contributed by atoms with E-state index in [0.29, 0.717) is 12.0 Å². The van der Waals surface area contributed by atoms with Crippen LogP contribution < -0.4 is 10.6 Å². The molecule has 3 rings (SSSR count). The zero-order chi connectivity index (χ0) is 15.4. The standard InChI is InChI=1S/C18H23N3S.HI/c1-3-14-9-10-15(22-14)12-20-18(19-2)21-17-11-16(17)13-7-5-4-6-8-13;/h4-10,16-17H,3,11-12H2,1-2H3,(H2,19,20,21);1H. The number of halogens is 1. The van der Waals surface area contributed by atoms with Crippen LogP contribution in [0.3, 0.4) is 0 Å². The Labute approximate surface area is 159 Å². The van der Waals surface area contributed by atoms with Gasteiger partial charge in [-0.1, -0.05) is 37.3 Å². The van der Waals surface area contributed by atoms with Crippen LogP contribution in [-0.4, -0.2) is 19.0 Å². The predicted molar refractivity (Wildman–Crippen MR) is 110 cm³/mol. The fourth-order valence-corrected chi connectivity index (χ4v) is 3.57. The van der Waals surface area contributed by atoms with E-state index < -0.39 is 0 Å². The maximum Gasteiger partial charge on any atom is 0.191 e. The second-order valence-corrected chi connectivity index (χ2v) is 6.90. The van der Waals surface area contributed by atoms with Crippen molar-refractivity contribution in [3.8, 4) is 0 Å². The van der Waals surface area contributed by atoms with Crippen LogP contribution in [0, 0.1) is 0 Å². The van der Waals surface area contributed by atoms with Gasteiger partial charge in [0.05, 0.1) is 6.54 Å². The molecule has 2 aromatic rings. The first-order valence-corrected chi connectivity index (χ1v) is 8.71. The smallest absolute Gasteiger partial charge is 0.191 e. The monoisotopic (exact) mass is 441 g/mol. The van der Waals surface area contributed by atoms with Crippen molar-refractivity contribution in [3.63, 3.8) is 0 Å². The third-order valence-electron chi connectivity index (χ3n) is 4.06. The van der Waals surface area contributed by atoms with Crippen molar-refractivity contribution in [3.05, 3.63) is 57.8 Å². The molecule has 1 heterocycles. The molecule has 0 radical (unpaired) electrons. The summed E-state index contributed by atoms with van der Waals surface area (Å²) >= 11 is 1.87.